The highest BCUT2D eigenvalue weighted by Gasteiger charge is 2.23. The van der Waals surface area contributed by atoms with E-state index in [-0.39, 0.29) is 12.3 Å². The van der Waals surface area contributed by atoms with Gasteiger partial charge < -0.3 is 9.84 Å². The average Bonchev–Trinajstić information content (AvgIpc) is 2.64. The summed E-state index contributed by atoms with van der Waals surface area (Å²) in [7, 11) is 0. The van der Waals surface area contributed by atoms with Gasteiger partial charge in [0.1, 0.15) is 5.60 Å². The molecule has 1 rings (SSSR count). The molecule has 0 unspecified atom stereocenters. The zero-order chi connectivity index (χ0) is 12.9. The first-order valence-electron chi connectivity index (χ1n) is 5.68. The number of H-pyrrole nitrogens is 1. The highest BCUT2D eigenvalue weighted by molar-refractivity contribution is 5.88. The van der Waals surface area contributed by atoms with Crippen molar-refractivity contribution in [1.82, 2.24) is 15.4 Å². The Morgan fingerprint density at radius 2 is 2.06 bits per heavy atom. The van der Waals surface area contributed by atoms with E-state index in [1.54, 1.807) is 20.8 Å². The van der Waals surface area contributed by atoms with Crippen molar-refractivity contribution in [1.29, 1.82) is 0 Å². The molecule has 0 fully saturated rings. The van der Waals surface area contributed by atoms with E-state index in [0.717, 1.165) is 6.42 Å². The van der Waals surface area contributed by atoms with Crippen LogP contribution in [0.2, 0.25) is 0 Å². The Morgan fingerprint density at radius 1 is 1.35 bits per heavy atom. The number of nitrogens with one attached hydrogen (secondary N) is 1. The fourth-order valence-corrected chi connectivity index (χ4v) is 1.32. The number of aliphatic hydroxyl groups is 1. The van der Waals surface area contributed by atoms with Gasteiger partial charge in [0.25, 0.3) is 0 Å². The molecule has 96 valence electrons. The van der Waals surface area contributed by atoms with Gasteiger partial charge in [0.2, 0.25) is 0 Å². The molecule has 0 aliphatic heterocycles. The van der Waals surface area contributed by atoms with E-state index >= 15 is 0 Å². The van der Waals surface area contributed by atoms with Crippen LogP contribution in [-0.4, -0.2) is 38.7 Å². The van der Waals surface area contributed by atoms with Gasteiger partial charge in [-0.2, -0.15) is 10.3 Å². The number of hydrogen-bond acceptors (Lipinski definition) is 5. The molecule has 0 saturated heterocycles. The summed E-state index contributed by atoms with van der Waals surface area (Å²) in [6.45, 7) is 5.54. The van der Waals surface area contributed by atoms with Crippen molar-refractivity contribution >= 4 is 5.97 Å². The maximum atomic E-state index is 11.8. The lowest BCUT2D eigenvalue weighted by Crippen LogP contribution is -2.24. The number of esters is 1. The quantitative estimate of drug-likeness (QED) is 0.594. The van der Waals surface area contributed by atoms with Crippen molar-refractivity contribution in [2.75, 3.05) is 6.61 Å². The second-order valence-electron chi connectivity index (χ2n) is 4.80. The summed E-state index contributed by atoms with van der Waals surface area (Å²) in [5, 5.41) is 18.8. The van der Waals surface area contributed by atoms with E-state index in [2.05, 4.69) is 15.4 Å². The molecule has 0 aliphatic rings. The van der Waals surface area contributed by atoms with Crippen LogP contribution in [0.4, 0.5) is 0 Å². The van der Waals surface area contributed by atoms with Gasteiger partial charge in [-0.05, 0) is 40.0 Å². The van der Waals surface area contributed by atoms with Crippen molar-refractivity contribution in [2.24, 2.45) is 0 Å². The topological polar surface area (TPSA) is 88.1 Å². The third kappa shape index (κ3) is 4.52. The van der Waals surface area contributed by atoms with Crippen LogP contribution < -0.4 is 0 Å². The summed E-state index contributed by atoms with van der Waals surface area (Å²) in [6.07, 6.45) is 2.05. The first-order chi connectivity index (χ1) is 7.94. The van der Waals surface area contributed by atoms with Gasteiger partial charge in [-0.3, -0.25) is 0 Å². The predicted octanol–water partition coefficient (Wildman–Crippen LogP) is 1.07. The summed E-state index contributed by atoms with van der Waals surface area (Å²) in [5.74, 6) is -0.467. The molecule has 0 radical (unpaired) electrons. The van der Waals surface area contributed by atoms with E-state index in [1.807, 2.05) is 0 Å². The first kappa shape index (κ1) is 13.6. The lowest BCUT2D eigenvalue weighted by Gasteiger charge is -2.18. The van der Waals surface area contributed by atoms with E-state index in [0.29, 0.717) is 18.5 Å². The van der Waals surface area contributed by atoms with E-state index in [4.69, 9.17) is 9.84 Å². The van der Waals surface area contributed by atoms with Crippen molar-refractivity contribution in [3.05, 3.63) is 11.4 Å². The van der Waals surface area contributed by atoms with Crippen LogP contribution in [-0.2, 0) is 11.2 Å². The number of aliphatic hydroxyl groups excluding tert-OH is 1. The minimum absolute atomic E-state index is 0.139. The zero-order valence-electron chi connectivity index (χ0n) is 10.5. The molecule has 0 aromatic carbocycles. The van der Waals surface area contributed by atoms with Crippen LogP contribution in [0.15, 0.2) is 0 Å². The summed E-state index contributed by atoms with van der Waals surface area (Å²) in [5.41, 5.74) is 0.281. The normalized spacial score (nSPS) is 11.5. The number of aromatic nitrogens is 3. The predicted molar refractivity (Wildman–Crippen MR) is 61.6 cm³/mol. The molecule has 17 heavy (non-hydrogen) atoms. The largest absolute Gasteiger partial charge is 0.455 e. The van der Waals surface area contributed by atoms with Crippen molar-refractivity contribution in [3.63, 3.8) is 0 Å². The van der Waals surface area contributed by atoms with Gasteiger partial charge in [0.15, 0.2) is 5.69 Å². The number of carbonyl (C=O) groups is 1. The Kier molecular flexibility index (Phi) is 4.62. The highest BCUT2D eigenvalue weighted by atomic mass is 16.6. The zero-order valence-corrected chi connectivity index (χ0v) is 10.5. The van der Waals surface area contributed by atoms with Crippen LogP contribution in [0.5, 0.6) is 0 Å². The van der Waals surface area contributed by atoms with Gasteiger partial charge in [-0.1, -0.05) is 0 Å². The number of carbonyl (C=O) groups excluding carboxylic acids is 1. The number of aromatic amines is 1. The molecule has 0 amide bonds. The fourth-order valence-electron chi connectivity index (χ4n) is 1.32. The third-order valence-electron chi connectivity index (χ3n) is 2.03. The number of nitrogens with zero attached hydrogens (tertiary/aromatic N) is 2. The minimum atomic E-state index is -0.543. The smallest absolute Gasteiger partial charge is 0.361 e. The van der Waals surface area contributed by atoms with E-state index in [1.165, 1.54) is 0 Å². The van der Waals surface area contributed by atoms with Crippen LogP contribution in [0.1, 0.15) is 49.8 Å². The van der Waals surface area contributed by atoms with Crippen LogP contribution >= 0.6 is 0 Å². The highest BCUT2D eigenvalue weighted by Crippen LogP contribution is 2.13. The van der Waals surface area contributed by atoms with Gasteiger partial charge in [-0.25, -0.2) is 4.79 Å². The number of unbranched alkanes of at least 4 members (excludes halogenated alkanes) is 1. The second kappa shape index (κ2) is 5.77. The van der Waals surface area contributed by atoms with E-state index in [9.17, 15) is 4.79 Å². The Bertz CT molecular complexity index is 368. The fraction of sp³-hybridized carbons (Fsp3) is 0.727. The van der Waals surface area contributed by atoms with Crippen molar-refractivity contribution in [3.8, 4) is 0 Å². The van der Waals surface area contributed by atoms with Gasteiger partial charge in [-0.15, -0.1) is 5.10 Å². The first-order valence-corrected chi connectivity index (χ1v) is 5.68. The molecule has 1 aromatic heterocycles. The molecule has 6 nitrogen and oxygen atoms in total. The summed E-state index contributed by atoms with van der Waals surface area (Å²) in [4.78, 5) is 11.8. The molecule has 1 heterocycles. The summed E-state index contributed by atoms with van der Waals surface area (Å²) >= 11 is 0. The van der Waals surface area contributed by atoms with Crippen LogP contribution in [0.3, 0.4) is 0 Å². The van der Waals surface area contributed by atoms with Crippen molar-refractivity contribution in [2.45, 2.75) is 45.6 Å². The minimum Gasteiger partial charge on any atom is -0.455 e. The lowest BCUT2D eigenvalue weighted by molar-refractivity contribution is 0.00615. The number of aryl methyl sites for hydroxylation is 1. The summed E-state index contributed by atoms with van der Waals surface area (Å²) < 4.78 is 5.22. The number of hydrogen-bond donors (Lipinski definition) is 2. The maximum absolute atomic E-state index is 11.8. The lowest BCUT2D eigenvalue weighted by atomic mass is 10.1. The monoisotopic (exact) mass is 241 g/mol. The number of ether oxygens (including phenoxy) is 1. The molecule has 0 saturated carbocycles. The third-order valence-corrected chi connectivity index (χ3v) is 2.03. The van der Waals surface area contributed by atoms with Gasteiger partial charge in [0, 0.05) is 6.61 Å². The van der Waals surface area contributed by atoms with E-state index < -0.39 is 11.6 Å². The Labute approximate surface area is 100 Å². The van der Waals surface area contributed by atoms with Gasteiger partial charge >= 0.3 is 5.97 Å². The molecule has 6 heteroatoms. The van der Waals surface area contributed by atoms with Gasteiger partial charge in [0.05, 0.1) is 5.69 Å². The molecule has 2 N–H and O–H groups in total. The average molecular weight is 241 g/mol. The van der Waals surface area contributed by atoms with Crippen molar-refractivity contribution < 1.29 is 14.6 Å². The van der Waals surface area contributed by atoms with Crippen LogP contribution in [0, 0.1) is 0 Å². The molecule has 0 atom stereocenters. The molecular weight excluding hydrogens is 222 g/mol. The molecule has 0 spiro atoms. The molecule has 0 bridgehead atoms. The van der Waals surface area contributed by atoms with Crippen LogP contribution in [0.25, 0.3) is 0 Å². The standard InChI is InChI=1S/C11H19N3O3/c1-11(2,3)17-10(16)9-8(12-14-13-9)6-4-5-7-15/h15H,4-7H2,1-3H3,(H,12,13,14). The maximum Gasteiger partial charge on any atom is 0.361 e. The Hall–Kier alpha value is -1.43. The Morgan fingerprint density at radius 3 is 2.65 bits per heavy atom. The summed E-state index contributed by atoms with van der Waals surface area (Å²) in [6, 6.07) is 0. The molecular formula is C11H19N3O3. The second-order valence-corrected chi connectivity index (χ2v) is 4.80. The SMILES string of the molecule is CC(C)(C)OC(=O)c1n[nH]nc1CCCCO. The molecule has 0 aliphatic carbocycles. The molecule has 1 aromatic rings. The number of rotatable bonds is 5. The Balaban J connectivity index is 2.64.